The predicted molar refractivity (Wildman–Crippen MR) is 305 cm³/mol. The van der Waals surface area contributed by atoms with E-state index in [0.717, 1.165) is 119 Å². The smallest absolute Gasteiger partial charge is 0.136 e. The van der Waals surface area contributed by atoms with E-state index in [1.807, 2.05) is 0 Å². The van der Waals surface area contributed by atoms with Crippen LogP contribution in [0.1, 0.15) is 281 Å². The predicted octanol–water partition coefficient (Wildman–Crippen LogP) is 22.2. The van der Waals surface area contributed by atoms with E-state index in [-0.39, 0.29) is 11.6 Å². The lowest BCUT2D eigenvalue weighted by atomic mass is 9.68. The summed E-state index contributed by atoms with van der Waals surface area (Å²) in [6.45, 7) is 9.10. The highest BCUT2D eigenvalue weighted by Crippen LogP contribution is 2.65. The molecule has 2 aliphatic carbocycles. The number of fused-ring (bicyclic) bond motifs is 10. The number of benzene rings is 3. The summed E-state index contributed by atoms with van der Waals surface area (Å²) in [6, 6.07) is 4.42. The van der Waals surface area contributed by atoms with E-state index in [1.54, 1.807) is 0 Å². The van der Waals surface area contributed by atoms with Crippen LogP contribution in [0.3, 0.4) is 0 Å². The maximum atomic E-state index is 19.5. The van der Waals surface area contributed by atoms with Crippen LogP contribution >= 0.6 is 55.3 Å². The van der Waals surface area contributed by atoms with Crippen LogP contribution in [0.15, 0.2) is 21.1 Å². The molecule has 0 saturated heterocycles. The van der Waals surface area contributed by atoms with Crippen molar-refractivity contribution in [3.8, 4) is 22.3 Å². The normalized spacial score (nSPS) is 14.3. The van der Waals surface area contributed by atoms with Crippen LogP contribution in [-0.4, -0.2) is 17.5 Å². The van der Waals surface area contributed by atoms with Gasteiger partial charge in [0.25, 0.3) is 0 Å². The van der Waals surface area contributed by atoms with Crippen LogP contribution in [-0.2, 0) is 10.8 Å². The second kappa shape index (κ2) is 28.1. The zero-order valence-electron chi connectivity index (χ0n) is 43.7. The van der Waals surface area contributed by atoms with Crippen LogP contribution in [0.25, 0.3) is 44.3 Å². The summed E-state index contributed by atoms with van der Waals surface area (Å²) in [4.78, 5) is 0. The Morgan fingerprint density at radius 1 is 0.357 bits per heavy atom. The first kappa shape index (κ1) is 55.9. The lowest BCUT2D eigenvalue weighted by Gasteiger charge is -2.35. The molecule has 4 nitrogen and oxygen atoms in total. The summed E-state index contributed by atoms with van der Waals surface area (Å²) in [5.41, 5.74) is 7.32. The van der Waals surface area contributed by atoms with Crippen molar-refractivity contribution in [3.05, 3.63) is 55.0 Å². The standard InChI is InChI=1S/C60H86Br2F2N4S2/c1-5-9-13-17-21-25-29-33-37-59(38-34-30-26-22-18-14-10-6-2)43-41-45(61)55-57(67-69-65-55)47(43)49-51(59)53(63)50-48-44(42-46(62)56-58(48)68-70-66-56)60(52(50)54(49)64,39-35-31-27-23-19-15-11-7-3)40-36-32-28-24-20-16-12-8-4/h41-42H,5-40H2,1-4H3. The van der Waals surface area contributed by atoms with E-state index < -0.39 is 10.8 Å². The average Bonchev–Trinajstić information content (AvgIpc) is 4.16. The Morgan fingerprint density at radius 3 is 0.871 bits per heavy atom. The van der Waals surface area contributed by atoms with Gasteiger partial charge in [0.1, 0.15) is 33.7 Å². The summed E-state index contributed by atoms with van der Waals surface area (Å²) >= 11 is 10.3. The highest BCUT2D eigenvalue weighted by atomic mass is 79.9. The van der Waals surface area contributed by atoms with Crippen LogP contribution in [0, 0.1) is 11.6 Å². The van der Waals surface area contributed by atoms with Gasteiger partial charge in [0.2, 0.25) is 0 Å². The van der Waals surface area contributed by atoms with Crippen molar-refractivity contribution in [3.63, 3.8) is 0 Å². The fourth-order valence-electron chi connectivity index (χ4n) is 12.9. The number of hydrogen-bond donors (Lipinski definition) is 0. The number of unbranched alkanes of at least 4 members (excludes halogenated alkanes) is 28. The van der Waals surface area contributed by atoms with E-state index in [9.17, 15) is 0 Å². The van der Waals surface area contributed by atoms with Gasteiger partial charge in [-0.3, -0.25) is 0 Å². The van der Waals surface area contributed by atoms with Crippen LogP contribution < -0.4 is 0 Å². The molecule has 0 fully saturated rings. The molecule has 3 aromatic carbocycles. The number of rotatable bonds is 36. The molecule has 0 radical (unpaired) electrons. The van der Waals surface area contributed by atoms with Crippen LogP contribution in [0.5, 0.6) is 0 Å². The van der Waals surface area contributed by atoms with Gasteiger partial charge in [0, 0.05) is 53.2 Å². The highest BCUT2D eigenvalue weighted by Gasteiger charge is 2.54. The van der Waals surface area contributed by atoms with Crippen LogP contribution in [0.2, 0.25) is 0 Å². The quantitative estimate of drug-likeness (QED) is 0.0375. The molecule has 0 saturated carbocycles. The Hall–Kier alpha value is -1.88. The number of nitrogens with zero attached hydrogens (tertiary/aromatic N) is 4. The zero-order valence-corrected chi connectivity index (χ0v) is 48.5. The van der Waals surface area contributed by atoms with Crippen molar-refractivity contribution in [2.24, 2.45) is 0 Å². The minimum atomic E-state index is -0.703. The molecule has 0 aliphatic heterocycles. The van der Waals surface area contributed by atoms with E-state index >= 15 is 8.78 Å². The number of aromatic nitrogens is 4. The third-order valence-electron chi connectivity index (χ3n) is 16.7. The van der Waals surface area contributed by atoms with Crippen LogP contribution in [0.4, 0.5) is 8.78 Å². The van der Waals surface area contributed by atoms with E-state index in [0.29, 0.717) is 33.3 Å². The van der Waals surface area contributed by atoms with Gasteiger partial charge in [0.05, 0.1) is 23.5 Å². The molecule has 0 atom stereocenters. The molecular formula is C60H86Br2F2N4S2. The van der Waals surface area contributed by atoms with Crippen molar-refractivity contribution < 1.29 is 8.78 Å². The van der Waals surface area contributed by atoms with Crippen molar-refractivity contribution in [1.82, 2.24) is 17.5 Å². The number of halogens is 4. The Balaban J connectivity index is 1.38. The minimum absolute atomic E-state index is 0.221. The molecule has 0 N–H and O–H groups in total. The Labute approximate surface area is 447 Å². The molecule has 0 spiro atoms. The van der Waals surface area contributed by atoms with Crippen molar-refractivity contribution in [2.45, 2.75) is 270 Å². The first-order valence-electron chi connectivity index (χ1n) is 28.8. The molecule has 0 unspecified atom stereocenters. The summed E-state index contributed by atoms with van der Waals surface area (Å²) in [6.07, 6.45) is 41.4. The third kappa shape index (κ3) is 12.4. The van der Waals surface area contributed by atoms with Gasteiger partial charge in [0.15, 0.2) is 0 Å². The molecule has 2 aromatic heterocycles. The second-order valence-electron chi connectivity index (χ2n) is 21.7. The molecule has 2 aliphatic rings. The van der Waals surface area contributed by atoms with E-state index in [1.165, 1.54) is 178 Å². The van der Waals surface area contributed by atoms with Gasteiger partial charge in [-0.2, -0.15) is 17.5 Å². The molecular weight excluding hydrogens is 1040 g/mol. The molecule has 0 amide bonds. The first-order chi connectivity index (χ1) is 34.3. The molecule has 386 valence electrons. The van der Waals surface area contributed by atoms with E-state index in [2.05, 4.69) is 71.7 Å². The molecule has 2 heterocycles. The van der Waals surface area contributed by atoms with Crippen molar-refractivity contribution in [2.75, 3.05) is 0 Å². The molecule has 0 bridgehead atoms. The summed E-state index contributed by atoms with van der Waals surface area (Å²) < 4.78 is 60.3. The second-order valence-corrected chi connectivity index (χ2v) is 24.4. The molecule has 70 heavy (non-hydrogen) atoms. The molecule has 7 rings (SSSR count). The Bertz CT molecular complexity index is 2200. The van der Waals surface area contributed by atoms with E-state index in [4.69, 9.17) is 17.5 Å². The van der Waals surface area contributed by atoms with Gasteiger partial charge in [-0.25, -0.2) is 8.78 Å². The first-order valence-corrected chi connectivity index (χ1v) is 31.8. The van der Waals surface area contributed by atoms with Crippen molar-refractivity contribution >= 4 is 77.4 Å². The largest absolute Gasteiger partial charge is 0.206 e. The summed E-state index contributed by atoms with van der Waals surface area (Å²) in [7, 11) is 0. The zero-order chi connectivity index (χ0) is 49.4. The third-order valence-corrected chi connectivity index (χ3v) is 18.9. The summed E-state index contributed by atoms with van der Waals surface area (Å²) in [5.74, 6) is -0.443. The Kier molecular flexibility index (Phi) is 22.5. The fraction of sp³-hybridized carbons (Fsp3) is 0.700. The lowest BCUT2D eigenvalue weighted by Crippen LogP contribution is -2.29. The van der Waals surface area contributed by atoms with Gasteiger partial charge >= 0.3 is 0 Å². The lowest BCUT2D eigenvalue weighted by molar-refractivity contribution is 0.374. The fourth-order valence-corrected chi connectivity index (χ4v) is 15.3. The van der Waals surface area contributed by atoms with Gasteiger partial charge < -0.3 is 0 Å². The average molecular weight is 1130 g/mol. The molecule has 5 aromatic rings. The Morgan fingerprint density at radius 2 is 0.600 bits per heavy atom. The summed E-state index contributed by atoms with van der Waals surface area (Å²) in [5, 5.41) is 0. The topological polar surface area (TPSA) is 51.6 Å². The van der Waals surface area contributed by atoms with Gasteiger partial charge in [-0.1, -0.05) is 233 Å². The monoisotopic (exact) mass is 1120 g/mol. The SMILES string of the molecule is CCCCCCCCCCC1(CCCCCCCCCC)c2cc(Br)c3nsnc3c2-c2c(F)c3c(c(F)c21)-c1c(cc(Br)c2nsnc12)C3(CCCCCCCCCC)CCCCCCCCCC. The van der Waals surface area contributed by atoms with Gasteiger partial charge in [-0.15, -0.1) is 0 Å². The minimum Gasteiger partial charge on any atom is -0.206 e. The maximum Gasteiger partial charge on any atom is 0.136 e. The molecule has 10 heteroatoms. The van der Waals surface area contributed by atoms with Gasteiger partial charge in [-0.05, 0) is 80.8 Å². The highest BCUT2D eigenvalue weighted by molar-refractivity contribution is 9.11. The van der Waals surface area contributed by atoms with Crippen molar-refractivity contribution in [1.29, 1.82) is 0 Å². The maximum absolute atomic E-state index is 19.5. The number of hydrogen-bond acceptors (Lipinski definition) is 6.